The van der Waals surface area contributed by atoms with Crippen molar-refractivity contribution >= 4 is 39.5 Å². The lowest BCUT2D eigenvalue weighted by molar-refractivity contribution is -0.120. The summed E-state index contributed by atoms with van der Waals surface area (Å²) in [5.41, 5.74) is 0.686. The first kappa shape index (κ1) is 22.6. The highest BCUT2D eigenvalue weighted by molar-refractivity contribution is 7.91. The van der Waals surface area contributed by atoms with Crippen LogP contribution in [0.3, 0.4) is 0 Å². The molecule has 0 radical (unpaired) electrons. The quantitative estimate of drug-likeness (QED) is 0.670. The molecule has 6 nitrogen and oxygen atoms in total. The Morgan fingerprint density at radius 2 is 2.04 bits per heavy atom. The molecule has 1 heterocycles. The molecule has 148 valence electrons. The average molecular weight is 412 g/mol. The number of sulfone groups is 1. The second-order valence-electron chi connectivity index (χ2n) is 6.11. The molecule has 1 aromatic rings. The number of carbonyl (C=O) groups excluding carboxylic acids is 1. The molecular formula is C16H24ClF2N3O3S. The first-order valence-electron chi connectivity index (χ1n) is 8.20. The van der Waals surface area contributed by atoms with Gasteiger partial charge in [0.1, 0.15) is 0 Å². The third-order valence-electron chi connectivity index (χ3n) is 4.17. The molecule has 2 rings (SSSR count). The lowest BCUT2D eigenvalue weighted by atomic mass is 9.92. The van der Waals surface area contributed by atoms with Crippen LogP contribution in [-0.2, 0) is 14.6 Å². The average Bonchev–Trinajstić information content (AvgIpc) is 2.56. The SMILES string of the molecule is CCNc1ccc(S(=O)(=O)C(F)F)cc1NC(=O)[C@H]1CCN[C@@H](C)C1.Cl. The lowest BCUT2D eigenvalue weighted by Crippen LogP contribution is -2.40. The Balaban J connectivity index is 0.00000338. The third-order valence-corrected chi connectivity index (χ3v) is 5.55. The van der Waals surface area contributed by atoms with E-state index in [-0.39, 0.29) is 36.0 Å². The number of amides is 1. The fraction of sp³-hybridized carbons (Fsp3) is 0.562. The van der Waals surface area contributed by atoms with Gasteiger partial charge in [0.25, 0.3) is 0 Å². The van der Waals surface area contributed by atoms with E-state index in [1.165, 1.54) is 6.07 Å². The van der Waals surface area contributed by atoms with E-state index in [9.17, 15) is 22.0 Å². The van der Waals surface area contributed by atoms with Crippen LogP contribution in [0.25, 0.3) is 0 Å². The molecule has 0 aromatic heterocycles. The van der Waals surface area contributed by atoms with E-state index >= 15 is 0 Å². The zero-order chi connectivity index (χ0) is 18.6. The van der Waals surface area contributed by atoms with Crippen LogP contribution in [0.1, 0.15) is 26.7 Å². The number of anilines is 2. The summed E-state index contributed by atoms with van der Waals surface area (Å²) in [5, 5.41) is 8.94. The van der Waals surface area contributed by atoms with Crippen molar-refractivity contribution in [2.45, 2.75) is 43.4 Å². The highest BCUT2D eigenvalue weighted by Crippen LogP contribution is 2.29. The van der Waals surface area contributed by atoms with Crippen molar-refractivity contribution < 1.29 is 22.0 Å². The molecule has 0 spiro atoms. The minimum atomic E-state index is -4.72. The summed E-state index contributed by atoms with van der Waals surface area (Å²) in [6.07, 6.45) is 1.33. The molecule has 1 fully saturated rings. The van der Waals surface area contributed by atoms with Crippen molar-refractivity contribution in [2.24, 2.45) is 5.92 Å². The van der Waals surface area contributed by atoms with Crippen LogP contribution < -0.4 is 16.0 Å². The predicted molar refractivity (Wildman–Crippen MR) is 99.9 cm³/mol. The molecule has 0 bridgehead atoms. The van der Waals surface area contributed by atoms with Crippen LogP contribution in [0, 0.1) is 5.92 Å². The van der Waals surface area contributed by atoms with Crippen molar-refractivity contribution in [3.8, 4) is 0 Å². The molecule has 1 aliphatic rings. The Hall–Kier alpha value is -1.45. The van der Waals surface area contributed by atoms with E-state index in [0.717, 1.165) is 18.7 Å². The number of hydrogen-bond donors (Lipinski definition) is 3. The molecule has 3 N–H and O–H groups in total. The fourth-order valence-electron chi connectivity index (χ4n) is 2.86. The van der Waals surface area contributed by atoms with E-state index in [1.807, 2.05) is 13.8 Å². The van der Waals surface area contributed by atoms with Crippen molar-refractivity contribution in [1.82, 2.24) is 5.32 Å². The summed E-state index contributed by atoms with van der Waals surface area (Å²) < 4.78 is 48.9. The highest BCUT2D eigenvalue weighted by atomic mass is 35.5. The summed E-state index contributed by atoms with van der Waals surface area (Å²) >= 11 is 0. The van der Waals surface area contributed by atoms with Gasteiger partial charge in [0.05, 0.1) is 16.3 Å². The van der Waals surface area contributed by atoms with Gasteiger partial charge in [-0.05, 0) is 51.4 Å². The number of halogens is 3. The minimum absolute atomic E-state index is 0. The molecule has 0 unspecified atom stereocenters. The molecule has 1 aliphatic heterocycles. The van der Waals surface area contributed by atoms with Gasteiger partial charge in [0.2, 0.25) is 15.7 Å². The van der Waals surface area contributed by atoms with Gasteiger partial charge in [-0.15, -0.1) is 12.4 Å². The highest BCUT2D eigenvalue weighted by Gasteiger charge is 2.29. The van der Waals surface area contributed by atoms with Gasteiger partial charge in [-0.3, -0.25) is 4.79 Å². The molecule has 26 heavy (non-hydrogen) atoms. The lowest BCUT2D eigenvalue weighted by Gasteiger charge is -2.27. The summed E-state index contributed by atoms with van der Waals surface area (Å²) in [6.45, 7) is 5.08. The third kappa shape index (κ3) is 5.28. The largest absolute Gasteiger partial charge is 0.384 e. The van der Waals surface area contributed by atoms with Crippen LogP contribution in [0.2, 0.25) is 0 Å². The maximum absolute atomic E-state index is 12.8. The topological polar surface area (TPSA) is 87.3 Å². The monoisotopic (exact) mass is 411 g/mol. The van der Waals surface area contributed by atoms with Crippen LogP contribution in [-0.4, -0.2) is 39.2 Å². The normalized spacial score (nSPS) is 20.3. The van der Waals surface area contributed by atoms with Gasteiger partial charge in [0.15, 0.2) is 0 Å². The van der Waals surface area contributed by atoms with Crippen LogP contribution in [0.4, 0.5) is 20.2 Å². The molecule has 1 aromatic carbocycles. The Kier molecular flexibility index (Phi) is 8.23. The number of rotatable bonds is 6. The van der Waals surface area contributed by atoms with Crippen LogP contribution >= 0.6 is 12.4 Å². The maximum Gasteiger partial charge on any atom is 0.341 e. The summed E-state index contributed by atoms with van der Waals surface area (Å²) in [7, 11) is -4.72. The molecule has 1 saturated heterocycles. The molecule has 2 atom stereocenters. The molecule has 0 aliphatic carbocycles. The first-order valence-corrected chi connectivity index (χ1v) is 9.74. The predicted octanol–water partition coefficient (Wildman–Crippen LogP) is 2.86. The maximum atomic E-state index is 12.8. The van der Waals surface area contributed by atoms with Crippen LogP contribution in [0.5, 0.6) is 0 Å². The minimum Gasteiger partial charge on any atom is -0.384 e. The van der Waals surface area contributed by atoms with Gasteiger partial charge >= 0.3 is 5.76 Å². The van der Waals surface area contributed by atoms with Crippen molar-refractivity contribution in [3.05, 3.63) is 18.2 Å². The second-order valence-corrected chi connectivity index (χ2v) is 8.03. The van der Waals surface area contributed by atoms with E-state index < -0.39 is 20.5 Å². The van der Waals surface area contributed by atoms with Crippen molar-refractivity contribution in [1.29, 1.82) is 0 Å². The standard InChI is InChI=1S/C16H23F2N3O3S.ClH/c1-3-19-13-5-4-12(25(23,24)16(17)18)9-14(13)21-15(22)11-6-7-20-10(2)8-11;/h4-5,9-11,16,19-20H,3,6-8H2,1-2H3,(H,21,22);1H/t10-,11-;/m0./s1. The molecule has 0 saturated carbocycles. The first-order chi connectivity index (χ1) is 11.8. The molecular weight excluding hydrogens is 388 g/mol. The molecule has 10 heteroatoms. The zero-order valence-corrected chi connectivity index (χ0v) is 16.2. The van der Waals surface area contributed by atoms with Gasteiger partial charge in [-0.2, -0.15) is 8.78 Å². The molecule has 1 amide bonds. The number of alkyl halides is 2. The number of nitrogens with one attached hydrogen (secondary N) is 3. The van der Waals surface area contributed by atoms with E-state index in [2.05, 4.69) is 16.0 Å². The van der Waals surface area contributed by atoms with E-state index in [4.69, 9.17) is 0 Å². The summed E-state index contributed by atoms with van der Waals surface area (Å²) in [6, 6.07) is 3.80. The van der Waals surface area contributed by atoms with Gasteiger partial charge in [-0.1, -0.05) is 0 Å². The Morgan fingerprint density at radius 3 is 2.62 bits per heavy atom. The Bertz CT molecular complexity index is 731. The zero-order valence-electron chi connectivity index (χ0n) is 14.6. The van der Waals surface area contributed by atoms with Crippen molar-refractivity contribution in [3.63, 3.8) is 0 Å². The summed E-state index contributed by atoms with van der Waals surface area (Å²) in [5.74, 6) is -3.95. The van der Waals surface area contributed by atoms with Gasteiger partial charge < -0.3 is 16.0 Å². The Labute approximate surface area is 158 Å². The van der Waals surface area contributed by atoms with Crippen molar-refractivity contribution in [2.75, 3.05) is 23.7 Å². The fourth-order valence-corrected chi connectivity index (χ4v) is 3.60. The summed E-state index contributed by atoms with van der Waals surface area (Å²) in [4.78, 5) is 12.0. The number of hydrogen-bond acceptors (Lipinski definition) is 5. The van der Waals surface area contributed by atoms with Gasteiger partial charge in [-0.25, -0.2) is 8.42 Å². The van der Waals surface area contributed by atoms with E-state index in [0.29, 0.717) is 25.1 Å². The van der Waals surface area contributed by atoms with Gasteiger partial charge in [0, 0.05) is 18.5 Å². The van der Waals surface area contributed by atoms with Crippen LogP contribution in [0.15, 0.2) is 23.1 Å². The number of benzene rings is 1. The number of carbonyl (C=O) groups is 1. The Morgan fingerprint density at radius 1 is 1.35 bits per heavy atom. The smallest absolute Gasteiger partial charge is 0.341 e. The second kappa shape index (κ2) is 9.48. The van der Waals surface area contributed by atoms with E-state index in [1.54, 1.807) is 0 Å². The number of piperidine rings is 1.